The number of fused-ring (bicyclic) bond motifs is 1. The Hall–Kier alpha value is -3.61. The van der Waals surface area contributed by atoms with E-state index in [1.165, 1.54) is 5.56 Å². The van der Waals surface area contributed by atoms with Crippen molar-refractivity contribution in [3.63, 3.8) is 0 Å². The molecule has 0 unspecified atom stereocenters. The van der Waals surface area contributed by atoms with Crippen molar-refractivity contribution in [3.05, 3.63) is 77.2 Å². The van der Waals surface area contributed by atoms with Crippen molar-refractivity contribution in [2.75, 3.05) is 25.6 Å². The van der Waals surface area contributed by atoms with E-state index >= 15 is 0 Å². The number of anilines is 1. The first-order valence-corrected chi connectivity index (χ1v) is 10.3. The van der Waals surface area contributed by atoms with Crippen LogP contribution in [-0.2, 0) is 30.3 Å². The largest absolute Gasteiger partial charge is 0.470 e. The smallest absolute Gasteiger partial charge is 0.347 e. The van der Waals surface area contributed by atoms with E-state index in [1.54, 1.807) is 24.1 Å². The predicted molar refractivity (Wildman–Crippen MR) is 114 cm³/mol. The molecule has 1 heterocycles. The maximum atomic E-state index is 12.7. The number of esters is 1. The van der Waals surface area contributed by atoms with Crippen LogP contribution >= 0.6 is 0 Å². The Morgan fingerprint density at radius 1 is 1.13 bits per heavy atom. The molecular formula is C24H24N2O5. The minimum atomic E-state index is -0.869. The van der Waals surface area contributed by atoms with Gasteiger partial charge in [0.15, 0.2) is 18.8 Å². The number of ether oxygens (including phenoxy) is 2. The van der Waals surface area contributed by atoms with Gasteiger partial charge in [0.1, 0.15) is 0 Å². The molecule has 0 saturated heterocycles. The molecule has 0 saturated carbocycles. The molecule has 1 N–H and O–H groups in total. The van der Waals surface area contributed by atoms with E-state index in [0.717, 1.165) is 24.8 Å². The van der Waals surface area contributed by atoms with Crippen LogP contribution < -0.4 is 5.32 Å². The van der Waals surface area contributed by atoms with Gasteiger partial charge in [0.25, 0.3) is 5.91 Å². The van der Waals surface area contributed by atoms with Gasteiger partial charge in [0.05, 0.1) is 6.04 Å². The molecule has 0 bridgehead atoms. The highest BCUT2D eigenvalue weighted by Crippen LogP contribution is 2.33. The number of para-hydroxylation sites is 1. The zero-order chi connectivity index (χ0) is 21.8. The first-order chi connectivity index (χ1) is 15.0. The highest BCUT2D eigenvalue weighted by atomic mass is 16.5. The van der Waals surface area contributed by atoms with Gasteiger partial charge >= 0.3 is 5.97 Å². The number of hydrogen-bond acceptors (Lipinski definition) is 6. The third-order valence-corrected chi connectivity index (χ3v) is 5.61. The third-order valence-electron chi connectivity index (χ3n) is 5.61. The Labute approximate surface area is 180 Å². The number of ketones is 1. The molecule has 0 spiro atoms. The molecule has 2 aromatic rings. The van der Waals surface area contributed by atoms with Gasteiger partial charge < -0.3 is 19.7 Å². The number of carbonyl (C=O) groups is 3. The van der Waals surface area contributed by atoms with Crippen LogP contribution in [0.2, 0.25) is 0 Å². The zero-order valence-corrected chi connectivity index (χ0v) is 17.3. The van der Waals surface area contributed by atoms with Crippen LogP contribution in [0, 0.1) is 0 Å². The summed E-state index contributed by atoms with van der Waals surface area (Å²) in [5, 5.41) is 2.92. The summed E-state index contributed by atoms with van der Waals surface area (Å²) >= 11 is 0. The summed E-state index contributed by atoms with van der Waals surface area (Å²) in [7, 11) is 1.72. The Morgan fingerprint density at radius 3 is 2.68 bits per heavy atom. The van der Waals surface area contributed by atoms with E-state index in [-0.39, 0.29) is 30.0 Å². The van der Waals surface area contributed by atoms with Gasteiger partial charge in [-0.05, 0) is 42.5 Å². The maximum Gasteiger partial charge on any atom is 0.347 e. The summed E-state index contributed by atoms with van der Waals surface area (Å²) in [4.78, 5) is 39.1. The number of benzene rings is 2. The van der Waals surface area contributed by atoms with Gasteiger partial charge in [-0.3, -0.25) is 9.59 Å². The average Bonchev–Trinajstić information content (AvgIpc) is 3.16. The van der Waals surface area contributed by atoms with Crippen LogP contribution in [0.15, 0.2) is 66.1 Å². The van der Waals surface area contributed by atoms with E-state index < -0.39 is 18.4 Å². The van der Waals surface area contributed by atoms with Crippen molar-refractivity contribution in [1.82, 2.24) is 4.90 Å². The number of aryl methyl sites for hydroxylation is 1. The molecule has 0 fully saturated rings. The quantitative estimate of drug-likeness (QED) is 0.571. The van der Waals surface area contributed by atoms with Crippen LogP contribution in [0.4, 0.5) is 5.69 Å². The van der Waals surface area contributed by atoms with Crippen molar-refractivity contribution < 1.29 is 23.9 Å². The van der Waals surface area contributed by atoms with E-state index in [2.05, 4.69) is 11.4 Å². The Morgan fingerprint density at radius 2 is 1.87 bits per heavy atom. The molecule has 160 valence electrons. The molecule has 1 aliphatic heterocycles. The van der Waals surface area contributed by atoms with Crippen molar-refractivity contribution in [1.29, 1.82) is 0 Å². The Kier molecular flexibility index (Phi) is 6.02. The molecule has 0 aromatic heterocycles. The van der Waals surface area contributed by atoms with Gasteiger partial charge in [-0.1, -0.05) is 42.5 Å². The molecule has 7 heteroatoms. The monoisotopic (exact) mass is 420 g/mol. The molecule has 31 heavy (non-hydrogen) atoms. The van der Waals surface area contributed by atoms with E-state index in [0.29, 0.717) is 5.69 Å². The Bertz CT molecular complexity index is 1030. The lowest BCUT2D eigenvalue weighted by Crippen LogP contribution is -2.36. The molecule has 2 aliphatic rings. The minimum absolute atomic E-state index is 0.0446. The SMILES string of the molecule is CN(C(=O)COC(=O)C1=C(Nc2ccccc2)OCC1=O)[C@@H]1CCCc2ccccc21. The van der Waals surface area contributed by atoms with Crippen LogP contribution in [0.1, 0.15) is 30.0 Å². The Balaban J connectivity index is 1.41. The molecule has 4 rings (SSSR count). The topological polar surface area (TPSA) is 84.9 Å². The lowest BCUT2D eigenvalue weighted by atomic mass is 9.87. The molecule has 2 aromatic carbocycles. The number of rotatable bonds is 6. The summed E-state index contributed by atoms with van der Waals surface area (Å²) < 4.78 is 10.5. The number of likely N-dealkylation sites (N-methyl/N-ethyl adjacent to an activating group) is 1. The summed E-state index contributed by atoms with van der Waals surface area (Å²) in [5.41, 5.74) is 2.84. The van der Waals surface area contributed by atoms with Crippen molar-refractivity contribution in [2.24, 2.45) is 0 Å². The third kappa shape index (κ3) is 4.45. The van der Waals surface area contributed by atoms with Gasteiger partial charge in [-0.25, -0.2) is 4.79 Å². The molecule has 0 radical (unpaired) electrons. The van der Waals surface area contributed by atoms with Crippen LogP contribution in [-0.4, -0.2) is 42.8 Å². The molecule has 1 aliphatic carbocycles. The number of nitrogens with zero attached hydrogens (tertiary/aromatic N) is 1. The van der Waals surface area contributed by atoms with E-state index in [4.69, 9.17) is 9.47 Å². The first kappa shape index (κ1) is 20.7. The average molecular weight is 420 g/mol. The first-order valence-electron chi connectivity index (χ1n) is 10.3. The fourth-order valence-corrected chi connectivity index (χ4v) is 3.97. The zero-order valence-electron chi connectivity index (χ0n) is 17.3. The van der Waals surface area contributed by atoms with Gasteiger partial charge in [-0.15, -0.1) is 0 Å². The second-order valence-corrected chi connectivity index (χ2v) is 7.59. The fourth-order valence-electron chi connectivity index (χ4n) is 3.97. The number of hydrogen-bond donors (Lipinski definition) is 1. The molecule has 1 amide bonds. The van der Waals surface area contributed by atoms with Crippen molar-refractivity contribution >= 4 is 23.3 Å². The van der Waals surface area contributed by atoms with Crippen molar-refractivity contribution in [3.8, 4) is 0 Å². The van der Waals surface area contributed by atoms with Crippen LogP contribution in [0.3, 0.4) is 0 Å². The van der Waals surface area contributed by atoms with Gasteiger partial charge in [-0.2, -0.15) is 0 Å². The van der Waals surface area contributed by atoms with Crippen molar-refractivity contribution in [2.45, 2.75) is 25.3 Å². The molecule has 7 nitrogen and oxygen atoms in total. The molecule has 1 atom stereocenters. The minimum Gasteiger partial charge on any atom is -0.470 e. The fraction of sp³-hybridized carbons (Fsp3) is 0.292. The second kappa shape index (κ2) is 9.04. The lowest BCUT2D eigenvalue weighted by Gasteiger charge is -2.33. The highest BCUT2D eigenvalue weighted by Gasteiger charge is 2.33. The summed E-state index contributed by atoms with van der Waals surface area (Å²) in [5.74, 6) is -1.63. The van der Waals surface area contributed by atoms with E-state index in [1.807, 2.05) is 36.4 Å². The predicted octanol–water partition coefficient (Wildman–Crippen LogP) is 2.99. The van der Waals surface area contributed by atoms with E-state index in [9.17, 15) is 14.4 Å². The summed E-state index contributed by atoms with van der Waals surface area (Å²) in [6.45, 7) is -0.685. The number of carbonyl (C=O) groups excluding carboxylic acids is 3. The summed E-state index contributed by atoms with van der Waals surface area (Å²) in [6.07, 6.45) is 2.85. The second-order valence-electron chi connectivity index (χ2n) is 7.59. The number of Topliss-reactive ketones (excluding diaryl/α,β-unsaturated/α-hetero) is 1. The maximum absolute atomic E-state index is 12.7. The van der Waals surface area contributed by atoms with Gasteiger partial charge in [0, 0.05) is 12.7 Å². The lowest BCUT2D eigenvalue weighted by molar-refractivity contribution is -0.150. The highest BCUT2D eigenvalue weighted by molar-refractivity contribution is 6.20. The number of nitrogens with one attached hydrogen (secondary N) is 1. The standard InChI is InChI=1S/C24H24N2O5/c1-26(19-13-7-9-16-8-5-6-12-18(16)19)21(28)15-31-24(29)22-20(27)14-30-23(22)25-17-10-3-2-4-11-17/h2-6,8,10-12,19,25H,7,9,13-15H2,1H3/t19-/m1/s1. The van der Waals surface area contributed by atoms with Gasteiger partial charge in [0.2, 0.25) is 11.7 Å². The number of amides is 1. The van der Waals surface area contributed by atoms with Crippen LogP contribution in [0.25, 0.3) is 0 Å². The summed E-state index contributed by atoms with van der Waals surface area (Å²) in [6, 6.07) is 17.1. The normalized spacial score (nSPS) is 17.6. The van der Waals surface area contributed by atoms with Crippen LogP contribution in [0.5, 0.6) is 0 Å². The molecular weight excluding hydrogens is 396 g/mol.